The second-order valence-corrected chi connectivity index (χ2v) is 6.92. The maximum atomic E-state index is 3.61. The third-order valence-corrected chi connectivity index (χ3v) is 3.50. The lowest BCUT2D eigenvalue weighted by molar-refractivity contribution is 0.419. The first kappa shape index (κ1) is 17.0. The highest BCUT2D eigenvalue weighted by Crippen LogP contribution is 2.23. The Morgan fingerprint density at radius 1 is 1.10 bits per heavy atom. The molecule has 1 aromatic carbocycles. The minimum Gasteiger partial charge on any atom is -0.374 e. The van der Waals surface area contributed by atoms with Crippen LogP contribution in [-0.4, -0.2) is 20.1 Å². The van der Waals surface area contributed by atoms with Gasteiger partial charge in [0.15, 0.2) is 0 Å². The van der Waals surface area contributed by atoms with Gasteiger partial charge in [0.05, 0.1) is 0 Å². The number of hydrogen-bond donors (Lipinski definition) is 1. The first-order valence-electron chi connectivity index (χ1n) is 7.92. The van der Waals surface area contributed by atoms with Gasteiger partial charge in [-0.2, -0.15) is 0 Å². The van der Waals surface area contributed by atoms with E-state index in [1.807, 2.05) is 0 Å². The normalized spacial score (nSPS) is 13.3. The molecule has 1 unspecified atom stereocenters. The summed E-state index contributed by atoms with van der Waals surface area (Å²) in [5, 5.41) is 3.61. The average molecular weight is 276 g/mol. The van der Waals surface area contributed by atoms with Gasteiger partial charge in [-0.05, 0) is 42.5 Å². The van der Waals surface area contributed by atoms with E-state index in [1.165, 1.54) is 17.7 Å². The van der Waals surface area contributed by atoms with E-state index >= 15 is 0 Å². The van der Waals surface area contributed by atoms with Crippen LogP contribution in [0.4, 0.5) is 5.69 Å². The minimum atomic E-state index is 0.321. The summed E-state index contributed by atoms with van der Waals surface area (Å²) in [5.41, 5.74) is 3.02. The summed E-state index contributed by atoms with van der Waals surface area (Å²) in [6.45, 7) is 13.4. The average Bonchev–Trinajstić information content (AvgIpc) is 2.38. The van der Waals surface area contributed by atoms with Crippen molar-refractivity contribution in [3.8, 4) is 0 Å². The van der Waals surface area contributed by atoms with Gasteiger partial charge < -0.3 is 10.2 Å². The molecule has 114 valence electrons. The molecular weight excluding hydrogens is 244 g/mol. The molecule has 0 aliphatic rings. The van der Waals surface area contributed by atoms with E-state index in [1.54, 1.807) is 0 Å². The number of benzene rings is 1. The molecule has 0 fully saturated rings. The molecule has 0 aliphatic heterocycles. The third kappa shape index (κ3) is 5.54. The fraction of sp³-hybridized carbons (Fsp3) is 0.667. The van der Waals surface area contributed by atoms with Crippen molar-refractivity contribution >= 4 is 5.69 Å². The van der Waals surface area contributed by atoms with Gasteiger partial charge in [0.2, 0.25) is 0 Å². The third-order valence-electron chi connectivity index (χ3n) is 3.50. The van der Waals surface area contributed by atoms with E-state index < -0.39 is 0 Å². The summed E-state index contributed by atoms with van der Waals surface area (Å²) in [6.07, 6.45) is 2.32. The molecule has 1 N–H and O–H groups in total. The topological polar surface area (TPSA) is 15.3 Å². The number of hydrogen-bond acceptors (Lipinski definition) is 2. The summed E-state index contributed by atoms with van der Waals surface area (Å²) in [5.74, 6) is 0. The lowest BCUT2D eigenvalue weighted by Crippen LogP contribution is -2.29. The van der Waals surface area contributed by atoms with Gasteiger partial charge >= 0.3 is 0 Å². The Morgan fingerprint density at radius 3 is 2.15 bits per heavy atom. The fourth-order valence-electron chi connectivity index (χ4n) is 2.58. The monoisotopic (exact) mass is 276 g/mol. The van der Waals surface area contributed by atoms with Crippen molar-refractivity contribution in [1.82, 2.24) is 5.32 Å². The molecule has 0 aliphatic carbocycles. The van der Waals surface area contributed by atoms with Gasteiger partial charge in [-0.25, -0.2) is 0 Å². The van der Waals surface area contributed by atoms with Crippen LogP contribution >= 0.6 is 0 Å². The molecule has 20 heavy (non-hydrogen) atoms. The fourth-order valence-corrected chi connectivity index (χ4v) is 2.58. The Labute approximate surface area is 125 Å². The SMILES string of the molecule is CCCNC(CC)c1ccc(N(C)CC(C)(C)C)cc1. The number of nitrogens with zero attached hydrogens (tertiary/aromatic N) is 1. The van der Waals surface area contributed by atoms with Crippen molar-refractivity contribution in [2.45, 2.75) is 53.5 Å². The number of nitrogens with one attached hydrogen (secondary N) is 1. The van der Waals surface area contributed by atoms with E-state index in [4.69, 9.17) is 0 Å². The molecule has 1 atom stereocenters. The van der Waals surface area contributed by atoms with Gasteiger partial charge in [-0.1, -0.05) is 46.8 Å². The lowest BCUT2D eigenvalue weighted by atomic mass is 9.96. The molecule has 0 heterocycles. The van der Waals surface area contributed by atoms with E-state index in [0.29, 0.717) is 11.5 Å². The standard InChI is InChI=1S/C18H32N2/c1-7-13-19-17(8-2)15-9-11-16(12-10-15)20(6)14-18(3,4)5/h9-12,17,19H,7-8,13-14H2,1-6H3. The van der Waals surface area contributed by atoms with Crippen molar-refractivity contribution in [2.24, 2.45) is 5.41 Å². The van der Waals surface area contributed by atoms with Gasteiger partial charge in [-0.15, -0.1) is 0 Å². The van der Waals surface area contributed by atoms with Crippen LogP contribution in [0.5, 0.6) is 0 Å². The summed E-state index contributed by atoms with van der Waals surface area (Å²) in [7, 11) is 2.17. The molecule has 0 radical (unpaired) electrons. The van der Waals surface area contributed by atoms with Crippen LogP contribution in [-0.2, 0) is 0 Å². The first-order chi connectivity index (χ1) is 9.37. The Morgan fingerprint density at radius 2 is 1.70 bits per heavy atom. The molecule has 2 nitrogen and oxygen atoms in total. The van der Waals surface area contributed by atoms with Crippen LogP contribution in [0.3, 0.4) is 0 Å². The highest BCUT2D eigenvalue weighted by atomic mass is 15.1. The van der Waals surface area contributed by atoms with Crippen LogP contribution in [0.1, 0.15) is 59.1 Å². The van der Waals surface area contributed by atoms with E-state index in [2.05, 4.69) is 76.1 Å². The maximum absolute atomic E-state index is 3.61. The summed E-state index contributed by atoms with van der Waals surface area (Å²) in [6, 6.07) is 9.52. The summed E-state index contributed by atoms with van der Waals surface area (Å²) < 4.78 is 0. The summed E-state index contributed by atoms with van der Waals surface area (Å²) in [4.78, 5) is 2.34. The smallest absolute Gasteiger partial charge is 0.0363 e. The summed E-state index contributed by atoms with van der Waals surface area (Å²) >= 11 is 0. The highest BCUT2D eigenvalue weighted by molar-refractivity contribution is 5.47. The van der Waals surface area contributed by atoms with Crippen LogP contribution in [0.15, 0.2) is 24.3 Å². The molecule has 0 saturated carbocycles. The number of rotatable bonds is 7. The molecule has 1 rings (SSSR count). The lowest BCUT2D eigenvalue weighted by Gasteiger charge is -2.28. The molecule has 0 saturated heterocycles. The molecule has 1 aromatic rings. The molecular formula is C18H32N2. The second kappa shape index (κ2) is 7.68. The zero-order valence-electron chi connectivity index (χ0n) is 14.2. The molecule has 0 spiro atoms. The van der Waals surface area contributed by atoms with Gasteiger partial charge in [0, 0.05) is 25.3 Å². The zero-order chi connectivity index (χ0) is 15.2. The van der Waals surface area contributed by atoms with Crippen LogP contribution in [0, 0.1) is 5.41 Å². The Balaban J connectivity index is 2.72. The van der Waals surface area contributed by atoms with Crippen molar-refractivity contribution in [3.05, 3.63) is 29.8 Å². The molecule has 0 bridgehead atoms. The van der Waals surface area contributed by atoms with E-state index in [-0.39, 0.29) is 0 Å². The van der Waals surface area contributed by atoms with E-state index in [9.17, 15) is 0 Å². The van der Waals surface area contributed by atoms with Crippen LogP contribution in [0.25, 0.3) is 0 Å². The van der Waals surface area contributed by atoms with Crippen molar-refractivity contribution in [2.75, 3.05) is 25.0 Å². The van der Waals surface area contributed by atoms with E-state index in [0.717, 1.165) is 19.5 Å². The van der Waals surface area contributed by atoms with Crippen LogP contribution < -0.4 is 10.2 Å². The zero-order valence-corrected chi connectivity index (χ0v) is 14.2. The maximum Gasteiger partial charge on any atom is 0.0363 e. The predicted octanol–water partition coefficient (Wildman–Crippen LogP) is 4.62. The second-order valence-electron chi connectivity index (χ2n) is 6.92. The van der Waals surface area contributed by atoms with Gasteiger partial charge in [-0.3, -0.25) is 0 Å². The molecule has 0 aromatic heterocycles. The van der Waals surface area contributed by atoms with Crippen molar-refractivity contribution < 1.29 is 0 Å². The molecule has 0 amide bonds. The quantitative estimate of drug-likeness (QED) is 0.781. The van der Waals surface area contributed by atoms with Gasteiger partial charge in [0.1, 0.15) is 0 Å². The number of anilines is 1. The first-order valence-corrected chi connectivity index (χ1v) is 7.92. The Kier molecular flexibility index (Phi) is 6.54. The van der Waals surface area contributed by atoms with Gasteiger partial charge in [0.25, 0.3) is 0 Å². The van der Waals surface area contributed by atoms with Crippen LogP contribution in [0.2, 0.25) is 0 Å². The van der Waals surface area contributed by atoms with Crippen molar-refractivity contribution in [1.29, 1.82) is 0 Å². The predicted molar refractivity (Wildman–Crippen MR) is 90.5 cm³/mol. The highest BCUT2D eigenvalue weighted by Gasteiger charge is 2.14. The van der Waals surface area contributed by atoms with Crippen molar-refractivity contribution in [3.63, 3.8) is 0 Å². The molecule has 2 heteroatoms. The Bertz CT molecular complexity index is 375. The minimum absolute atomic E-state index is 0.321. The Hall–Kier alpha value is -1.02. The largest absolute Gasteiger partial charge is 0.374 e.